The van der Waals surface area contributed by atoms with E-state index in [0.29, 0.717) is 23.6 Å². The van der Waals surface area contributed by atoms with Crippen LogP contribution in [0.2, 0.25) is 0 Å². The van der Waals surface area contributed by atoms with Gasteiger partial charge in [0.25, 0.3) is 5.91 Å². The summed E-state index contributed by atoms with van der Waals surface area (Å²) in [5.74, 6) is 1.87. The number of rotatable bonds is 5. The molecule has 2 bridgehead atoms. The van der Waals surface area contributed by atoms with Crippen molar-refractivity contribution < 1.29 is 9.59 Å². The molecule has 2 N–H and O–H groups in total. The van der Waals surface area contributed by atoms with E-state index in [9.17, 15) is 9.59 Å². The molecule has 0 aliphatic heterocycles. The van der Waals surface area contributed by atoms with E-state index in [4.69, 9.17) is 0 Å². The van der Waals surface area contributed by atoms with Crippen LogP contribution in [0.1, 0.15) is 48.0 Å². The molecule has 4 nitrogen and oxygen atoms in total. The molecule has 2 fully saturated rings. The van der Waals surface area contributed by atoms with Gasteiger partial charge < -0.3 is 10.6 Å². The number of aryl methyl sites for hydroxylation is 1. The summed E-state index contributed by atoms with van der Waals surface area (Å²) in [6, 6.07) is 14.9. The van der Waals surface area contributed by atoms with Gasteiger partial charge in [0.2, 0.25) is 5.91 Å². The smallest absolute Gasteiger partial charge is 0.257 e. The number of fused-ring (bicyclic) bond motifs is 2. The summed E-state index contributed by atoms with van der Waals surface area (Å²) in [7, 11) is 0. The van der Waals surface area contributed by atoms with Gasteiger partial charge in [0.1, 0.15) is 0 Å². The maximum atomic E-state index is 12.7. The topological polar surface area (TPSA) is 58.2 Å². The fourth-order valence-electron chi connectivity index (χ4n) is 4.78. The summed E-state index contributed by atoms with van der Waals surface area (Å²) in [5.41, 5.74) is 2.90. The molecule has 0 heterocycles. The molecule has 3 atom stereocenters. The number of hydrogen-bond acceptors (Lipinski definition) is 2. The van der Waals surface area contributed by atoms with Crippen molar-refractivity contribution in [3.8, 4) is 0 Å². The second-order valence-electron chi connectivity index (χ2n) is 8.06. The van der Waals surface area contributed by atoms with E-state index < -0.39 is 0 Å². The highest BCUT2D eigenvalue weighted by Gasteiger charge is 2.40. The van der Waals surface area contributed by atoms with Gasteiger partial charge in [-0.15, -0.1) is 0 Å². The van der Waals surface area contributed by atoms with E-state index in [1.165, 1.54) is 25.7 Å². The van der Waals surface area contributed by atoms with Gasteiger partial charge >= 0.3 is 0 Å². The monoisotopic (exact) mass is 362 g/mol. The van der Waals surface area contributed by atoms with Crippen molar-refractivity contribution >= 4 is 23.2 Å². The summed E-state index contributed by atoms with van der Waals surface area (Å²) in [6.45, 7) is 1.99. The lowest BCUT2D eigenvalue weighted by molar-refractivity contribution is -0.117. The molecule has 0 unspecified atom stereocenters. The van der Waals surface area contributed by atoms with Gasteiger partial charge in [-0.25, -0.2) is 0 Å². The van der Waals surface area contributed by atoms with Crippen LogP contribution in [0.4, 0.5) is 11.4 Å². The van der Waals surface area contributed by atoms with E-state index in [-0.39, 0.29) is 11.8 Å². The van der Waals surface area contributed by atoms with Crippen LogP contribution in [0.15, 0.2) is 48.5 Å². The first-order chi connectivity index (χ1) is 13.1. The van der Waals surface area contributed by atoms with Crippen LogP contribution in [-0.4, -0.2) is 11.8 Å². The van der Waals surface area contributed by atoms with Crippen LogP contribution < -0.4 is 10.6 Å². The first-order valence-corrected chi connectivity index (χ1v) is 9.85. The van der Waals surface area contributed by atoms with Crippen molar-refractivity contribution in [2.75, 3.05) is 10.6 Å². The molecule has 140 valence electrons. The van der Waals surface area contributed by atoms with Crippen LogP contribution in [0.5, 0.6) is 0 Å². The third-order valence-corrected chi connectivity index (χ3v) is 6.05. The highest BCUT2D eigenvalue weighted by atomic mass is 16.2. The van der Waals surface area contributed by atoms with Gasteiger partial charge in [0.05, 0.1) is 11.3 Å². The Morgan fingerprint density at radius 1 is 1.00 bits per heavy atom. The molecule has 2 amide bonds. The number of nitrogens with one attached hydrogen (secondary N) is 2. The number of anilines is 2. The summed E-state index contributed by atoms with van der Waals surface area (Å²) in [4.78, 5) is 25.3. The van der Waals surface area contributed by atoms with Crippen LogP contribution in [-0.2, 0) is 4.79 Å². The van der Waals surface area contributed by atoms with E-state index in [1.807, 2.05) is 43.3 Å². The molecular formula is C23H26N2O2. The van der Waals surface area contributed by atoms with E-state index in [1.54, 1.807) is 12.1 Å². The number of amides is 2. The molecule has 0 radical (unpaired) electrons. The zero-order chi connectivity index (χ0) is 18.8. The third kappa shape index (κ3) is 4.05. The molecule has 2 aromatic carbocycles. The van der Waals surface area contributed by atoms with Gasteiger partial charge in [-0.2, -0.15) is 0 Å². The molecule has 4 rings (SSSR count). The fourth-order valence-corrected chi connectivity index (χ4v) is 4.78. The van der Waals surface area contributed by atoms with Crippen LogP contribution in [0, 0.1) is 24.7 Å². The molecule has 0 saturated heterocycles. The molecule has 0 spiro atoms. The highest BCUT2D eigenvalue weighted by molar-refractivity contribution is 6.10. The normalized spacial score (nSPS) is 23.2. The van der Waals surface area contributed by atoms with Crippen molar-refractivity contribution in [1.82, 2.24) is 0 Å². The molecule has 2 aromatic rings. The number of carbonyl (C=O) groups excluding carboxylic acids is 2. The zero-order valence-electron chi connectivity index (χ0n) is 15.7. The SMILES string of the molecule is Cc1cccc(NC(=O)c2ccccc2NC(=O)C[C@@H]2C[C@@H]3CC[C@@H]2C3)c1. The predicted octanol–water partition coefficient (Wildman–Crippen LogP) is 5.01. The van der Waals surface area contributed by atoms with Gasteiger partial charge in [-0.1, -0.05) is 30.7 Å². The van der Waals surface area contributed by atoms with Crippen LogP contribution >= 0.6 is 0 Å². The average molecular weight is 362 g/mol. The quantitative estimate of drug-likeness (QED) is 0.785. The zero-order valence-corrected chi connectivity index (χ0v) is 15.7. The van der Waals surface area contributed by atoms with Gasteiger partial charge in [-0.05, 0) is 73.8 Å². The minimum atomic E-state index is -0.212. The lowest BCUT2D eigenvalue weighted by atomic mass is 9.86. The Kier molecular flexibility index (Phi) is 4.97. The summed E-state index contributed by atoms with van der Waals surface area (Å²) >= 11 is 0. The number of benzene rings is 2. The van der Waals surface area contributed by atoms with Gasteiger partial charge in [0.15, 0.2) is 0 Å². The first kappa shape index (κ1) is 17.8. The van der Waals surface area contributed by atoms with Crippen LogP contribution in [0.3, 0.4) is 0 Å². The van der Waals surface area contributed by atoms with Crippen molar-refractivity contribution in [3.05, 3.63) is 59.7 Å². The molecule has 2 aliphatic rings. The van der Waals surface area contributed by atoms with Crippen molar-refractivity contribution in [2.45, 2.75) is 39.0 Å². The largest absolute Gasteiger partial charge is 0.325 e. The van der Waals surface area contributed by atoms with Crippen molar-refractivity contribution in [2.24, 2.45) is 17.8 Å². The Labute approximate surface area is 160 Å². The lowest BCUT2D eigenvalue weighted by Crippen LogP contribution is -2.22. The molecule has 27 heavy (non-hydrogen) atoms. The van der Waals surface area contributed by atoms with Crippen molar-refractivity contribution in [3.63, 3.8) is 0 Å². The maximum Gasteiger partial charge on any atom is 0.257 e. The molecule has 2 saturated carbocycles. The first-order valence-electron chi connectivity index (χ1n) is 9.85. The summed E-state index contributed by atoms with van der Waals surface area (Å²) < 4.78 is 0. The fraction of sp³-hybridized carbons (Fsp3) is 0.391. The highest BCUT2D eigenvalue weighted by Crippen LogP contribution is 2.49. The molecule has 2 aliphatic carbocycles. The van der Waals surface area contributed by atoms with Crippen LogP contribution in [0.25, 0.3) is 0 Å². The second kappa shape index (κ2) is 7.55. The number of carbonyl (C=O) groups is 2. The standard InChI is InChI=1S/C23H26N2O2/c1-15-5-4-6-19(11-15)24-23(27)20-7-2-3-8-21(20)25-22(26)14-18-13-16-9-10-17(18)12-16/h2-8,11,16-18H,9-10,12-14H2,1H3,(H,24,27)(H,25,26)/t16-,17-,18+/m1/s1. The predicted molar refractivity (Wildman–Crippen MR) is 108 cm³/mol. The van der Waals surface area contributed by atoms with Gasteiger partial charge in [0, 0.05) is 12.1 Å². The second-order valence-corrected chi connectivity index (χ2v) is 8.06. The Morgan fingerprint density at radius 3 is 2.59 bits per heavy atom. The Hall–Kier alpha value is -2.62. The van der Waals surface area contributed by atoms with Gasteiger partial charge in [-0.3, -0.25) is 9.59 Å². The third-order valence-electron chi connectivity index (χ3n) is 6.05. The van der Waals surface area contributed by atoms with E-state index in [2.05, 4.69) is 10.6 Å². The molecule has 0 aromatic heterocycles. The molecular weight excluding hydrogens is 336 g/mol. The Morgan fingerprint density at radius 2 is 1.85 bits per heavy atom. The number of hydrogen-bond donors (Lipinski definition) is 2. The minimum Gasteiger partial charge on any atom is -0.325 e. The Bertz CT molecular complexity index is 861. The summed E-state index contributed by atoms with van der Waals surface area (Å²) in [5, 5.41) is 5.89. The lowest BCUT2D eigenvalue weighted by Gasteiger charge is -2.21. The van der Waals surface area contributed by atoms with E-state index >= 15 is 0 Å². The number of para-hydroxylation sites is 1. The summed E-state index contributed by atoms with van der Waals surface area (Å²) in [6.07, 6.45) is 5.67. The Balaban J connectivity index is 1.42. The molecule has 4 heteroatoms. The minimum absolute atomic E-state index is 0.0170. The maximum absolute atomic E-state index is 12.7. The average Bonchev–Trinajstić information content (AvgIpc) is 3.25. The van der Waals surface area contributed by atoms with E-state index in [0.717, 1.165) is 23.1 Å². The van der Waals surface area contributed by atoms with Crippen molar-refractivity contribution in [1.29, 1.82) is 0 Å².